The number of benzene rings is 1. The van der Waals surface area contributed by atoms with Crippen LogP contribution in [0.25, 0.3) is 0 Å². The van der Waals surface area contributed by atoms with Gasteiger partial charge in [-0.3, -0.25) is 4.98 Å². The van der Waals surface area contributed by atoms with Gasteiger partial charge in [-0.15, -0.1) is 23.7 Å². The van der Waals surface area contributed by atoms with Gasteiger partial charge in [-0.05, 0) is 68.1 Å². The number of halogens is 1. The Morgan fingerprint density at radius 3 is 2.69 bits per heavy atom. The molecule has 156 valence electrons. The lowest BCUT2D eigenvalue weighted by molar-refractivity contribution is 0.242. The normalized spacial score (nSPS) is 11.7. The maximum absolute atomic E-state index is 5.89. The molecule has 0 radical (unpaired) electrons. The van der Waals surface area contributed by atoms with Crippen molar-refractivity contribution in [2.75, 3.05) is 13.7 Å². The van der Waals surface area contributed by atoms with Crippen molar-refractivity contribution in [2.45, 2.75) is 38.8 Å². The fourth-order valence-electron chi connectivity index (χ4n) is 3.23. The fourth-order valence-corrected chi connectivity index (χ4v) is 4.04. The summed E-state index contributed by atoms with van der Waals surface area (Å²) in [6.45, 7) is 5.79. The number of pyridine rings is 1. The summed E-state index contributed by atoms with van der Waals surface area (Å²) in [6, 6.07) is 16.5. The Kier molecular flexibility index (Phi) is 9.45. The Balaban J connectivity index is 0.00000300. The van der Waals surface area contributed by atoms with Crippen LogP contribution in [0.2, 0.25) is 0 Å². The molecule has 0 spiro atoms. The fraction of sp³-hybridized carbons (Fsp3) is 0.348. The molecule has 1 atom stereocenters. The Labute approximate surface area is 183 Å². The summed E-state index contributed by atoms with van der Waals surface area (Å²) in [5.41, 5.74) is 2.31. The van der Waals surface area contributed by atoms with Crippen LogP contribution in [0.4, 0.5) is 0 Å². The number of ether oxygens (including phenoxy) is 2. The van der Waals surface area contributed by atoms with E-state index in [9.17, 15) is 0 Å². The smallest absolute Gasteiger partial charge is 0.134 e. The van der Waals surface area contributed by atoms with Crippen molar-refractivity contribution in [3.63, 3.8) is 0 Å². The summed E-state index contributed by atoms with van der Waals surface area (Å²) in [7, 11) is 1.72. The summed E-state index contributed by atoms with van der Waals surface area (Å²) >= 11 is 1.72. The summed E-state index contributed by atoms with van der Waals surface area (Å²) in [5, 5.41) is 5.61. The number of hydrogen-bond donors (Lipinski definition) is 1. The number of rotatable bonds is 10. The molecule has 0 fully saturated rings. The molecule has 29 heavy (non-hydrogen) atoms. The first kappa shape index (κ1) is 23.2. The van der Waals surface area contributed by atoms with Crippen LogP contribution in [0.3, 0.4) is 0 Å². The quantitative estimate of drug-likeness (QED) is 0.419. The van der Waals surface area contributed by atoms with Crippen molar-refractivity contribution < 1.29 is 9.47 Å². The molecule has 0 bridgehead atoms. The van der Waals surface area contributed by atoms with E-state index in [-0.39, 0.29) is 24.4 Å². The highest BCUT2D eigenvalue weighted by molar-refractivity contribution is 7.10. The van der Waals surface area contributed by atoms with E-state index in [1.807, 2.05) is 44.3 Å². The van der Waals surface area contributed by atoms with Gasteiger partial charge in [0.1, 0.15) is 11.5 Å². The van der Waals surface area contributed by atoms with E-state index in [0.717, 1.165) is 36.7 Å². The highest BCUT2D eigenvalue weighted by Crippen LogP contribution is 2.29. The molecule has 3 rings (SSSR count). The number of hydrogen-bond acceptors (Lipinski definition) is 5. The molecule has 1 unspecified atom stereocenters. The van der Waals surface area contributed by atoms with E-state index in [1.165, 1.54) is 10.4 Å². The number of nitrogens with zero attached hydrogens (tertiary/aromatic N) is 1. The first-order valence-corrected chi connectivity index (χ1v) is 10.5. The van der Waals surface area contributed by atoms with E-state index < -0.39 is 0 Å². The van der Waals surface area contributed by atoms with Gasteiger partial charge in [-0.2, -0.15) is 0 Å². The molecule has 0 amide bonds. The zero-order valence-electron chi connectivity index (χ0n) is 17.1. The van der Waals surface area contributed by atoms with Crippen molar-refractivity contribution in [1.82, 2.24) is 10.3 Å². The zero-order valence-corrected chi connectivity index (χ0v) is 18.8. The van der Waals surface area contributed by atoms with E-state index in [4.69, 9.17) is 9.47 Å². The average molecular weight is 433 g/mol. The zero-order chi connectivity index (χ0) is 19.8. The van der Waals surface area contributed by atoms with Gasteiger partial charge in [0.05, 0.1) is 18.1 Å². The molecule has 0 saturated carbocycles. The van der Waals surface area contributed by atoms with Crippen molar-refractivity contribution in [1.29, 1.82) is 0 Å². The lowest BCUT2D eigenvalue weighted by Gasteiger charge is -2.19. The summed E-state index contributed by atoms with van der Waals surface area (Å²) in [6.07, 6.45) is 2.97. The highest BCUT2D eigenvalue weighted by atomic mass is 35.5. The molecule has 4 nitrogen and oxygen atoms in total. The molecule has 2 heterocycles. The molecule has 0 aliphatic heterocycles. The van der Waals surface area contributed by atoms with Crippen LogP contribution in [0, 0.1) is 0 Å². The molecule has 3 aromatic rings. The Bertz CT molecular complexity index is 855. The summed E-state index contributed by atoms with van der Waals surface area (Å²) < 4.78 is 11.3. The number of nitrogens with one attached hydrogen (secondary N) is 1. The predicted molar refractivity (Wildman–Crippen MR) is 123 cm³/mol. The van der Waals surface area contributed by atoms with Gasteiger partial charge in [0.2, 0.25) is 0 Å². The molecular weight excluding hydrogens is 404 g/mol. The van der Waals surface area contributed by atoms with Crippen LogP contribution in [0.5, 0.6) is 11.5 Å². The second-order valence-corrected chi connectivity index (χ2v) is 7.92. The van der Waals surface area contributed by atoms with E-state index in [1.54, 1.807) is 18.4 Å². The molecule has 0 saturated heterocycles. The summed E-state index contributed by atoms with van der Waals surface area (Å²) in [4.78, 5) is 5.84. The first-order chi connectivity index (χ1) is 13.7. The lowest BCUT2D eigenvalue weighted by Crippen LogP contribution is -2.18. The van der Waals surface area contributed by atoms with E-state index in [0.29, 0.717) is 0 Å². The Hall–Kier alpha value is -2.08. The van der Waals surface area contributed by atoms with Crippen molar-refractivity contribution in [2.24, 2.45) is 0 Å². The van der Waals surface area contributed by atoms with Crippen LogP contribution in [-0.4, -0.2) is 24.7 Å². The van der Waals surface area contributed by atoms with E-state index >= 15 is 0 Å². The minimum Gasteiger partial charge on any atom is -0.496 e. The Morgan fingerprint density at radius 2 is 1.97 bits per heavy atom. The minimum atomic E-state index is 0. The van der Waals surface area contributed by atoms with Gasteiger partial charge < -0.3 is 14.8 Å². The van der Waals surface area contributed by atoms with Gasteiger partial charge in [0, 0.05) is 24.4 Å². The third kappa shape index (κ3) is 6.74. The molecular formula is C23H29ClN2O2S. The van der Waals surface area contributed by atoms with E-state index in [2.05, 4.69) is 39.9 Å². The number of aromatic nitrogens is 1. The largest absolute Gasteiger partial charge is 0.496 e. The molecule has 0 aliphatic carbocycles. The van der Waals surface area contributed by atoms with Crippen molar-refractivity contribution in [3.05, 3.63) is 76.2 Å². The van der Waals surface area contributed by atoms with Gasteiger partial charge in [-0.25, -0.2) is 0 Å². The van der Waals surface area contributed by atoms with Gasteiger partial charge in [0.15, 0.2) is 0 Å². The van der Waals surface area contributed by atoms with Crippen LogP contribution in [0.15, 0.2) is 60.1 Å². The average Bonchev–Trinajstić information content (AvgIpc) is 3.16. The van der Waals surface area contributed by atoms with Crippen LogP contribution >= 0.6 is 23.7 Å². The van der Waals surface area contributed by atoms with Crippen LogP contribution in [0.1, 0.15) is 42.3 Å². The molecule has 1 aromatic carbocycles. The Morgan fingerprint density at radius 1 is 1.10 bits per heavy atom. The monoisotopic (exact) mass is 432 g/mol. The third-order valence-electron chi connectivity index (χ3n) is 4.50. The number of methoxy groups -OCH3 is 1. The van der Waals surface area contributed by atoms with Crippen molar-refractivity contribution in [3.8, 4) is 11.5 Å². The van der Waals surface area contributed by atoms with Crippen molar-refractivity contribution >= 4 is 23.7 Å². The maximum atomic E-state index is 5.89. The van der Waals surface area contributed by atoms with Gasteiger partial charge in [0.25, 0.3) is 0 Å². The highest BCUT2D eigenvalue weighted by Gasteiger charge is 2.16. The van der Waals surface area contributed by atoms with Crippen LogP contribution < -0.4 is 14.8 Å². The second-order valence-electron chi connectivity index (χ2n) is 6.92. The summed E-state index contributed by atoms with van der Waals surface area (Å²) in [5.74, 6) is 2.08. The second kappa shape index (κ2) is 11.8. The SMILES string of the molecule is COc1ccsc1CNCCC(c1cccc(OC(C)C)c1)c1ccccn1.Cl. The predicted octanol–water partition coefficient (Wildman–Crippen LogP) is 5.67. The first-order valence-electron chi connectivity index (χ1n) is 9.66. The third-order valence-corrected chi connectivity index (χ3v) is 5.40. The maximum Gasteiger partial charge on any atom is 0.134 e. The number of thiophene rings is 1. The molecule has 6 heteroatoms. The van der Waals surface area contributed by atoms with Crippen LogP contribution in [-0.2, 0) is 6.54 Å². The minimum absolute atomic E-state index is 0. The molecule has 2 aromatic heterocycles. The lowest BCUT2D eigenvalue weighted by atomic mass is 9.91. The molecule has 0 aliphatic rings. The standard InChI is InChI=1S/C23H28N2O2S.ClH/c1-17(2)27-19-8-6-7-18(15-19)20(21-9-4-5-12-25-21)10-13-24-16-23-22(26-3)11-14-28-23;/h4-9,11-12,14-15,17,20,24H,10,13,16H2,1-3H3;1H. The topological polar surface area (TPSA) is 43.4 Å². The molecule has 1 N–H and O–H groups in total. The van der Waals surface area contributed by atoms with Gasteiger partial charge >= 0.3 is 0 Å². The van der Waals surface area contributed by atoms with Gasteiger partial charge in [-0.1, -0.05) is 18.2 Å².